The number of carbonyl (C=O) groups is 1. The van der Waals surface area contributed by atoms with Gasteiger partial charge in [0.1, 0.15) is 17.4 Å². The van der Waals surface area contributed by atoms with Crippen molar-refractivity contribution in [2.45, 2.75) is 31.3 Å². The second-order valence-corrected chi connectivity index (χ2v) is 9.88. The third-order valence-electron chi connectivity index (χ3n) is 7.49. The number of rotatable bonds is 4. The molecule has 2 aromatic carbocycles. The number of carbonyl (C=O) groups excluding carboxylic acids is 1. The third kappa shape index (κ3) is 4.33. The molecule has 3 atom stereocenters. The zero-order valence-electron chi connectivity index (χ0n) is 21.5. The molecule has 40 heavy (non-hydrogen) atoms. The highest BCUT2D eigenvalue weighted by Crippen LogP contribution is 2.39. The van der Waals surface area contributed by atoms with Crippen molar-refractivity contribution in [3.05, 3.63) is 143 Å². The predicted molar refractivity (Wildman–Crippen MR) is 148 cm³/mol. The molecule has 2 aliphatic heterocycles. The first kappa shape index (κ1) is 24.3. The van der Waals surface area contributed by atoms with E-state index < -0.39 is 6.29 Å². The van der Waals surface area contributed by atoms with Gasteiger partial charge in [-0.15, -0.1) is 0 Å². The van der Waals surface area contributed by atoms with Crippen LogP contribution in [-0.2, 0) is 22.3 Å². The Balaban J connectivity index is 0.000000132. The first-order valence-electron chi connectivity index (χ1n) is 13.2. The lowest BCUT2D eigenvalue weighted by molar-refractivity contribution is -0.120. The van der Waals surface area contributed by atoms with Crippen LogP contribution in [0.4, 0.5) is 0 Å². The minimum absolute atomic E-state index is 0.121. The van der Waals surface area contributed by atoms with E-state index in [1.165, 1.54) is 0 Å². The molecular formula is C32H26N4O4. The van der Waals surface area contributed by atoms with E-state index in [0.29, 0.717) is 18.4 Å². The number of imidazole rings is 2. The fourth-order valence-electron chi connectivity index (χ4n) is 5.60. The molecule has 8 rings (SSSR count). The van der Waals surface area contributed by atoms with Crippen LogP contribution in [0.3, 0.4) is 0 Å². The molecular weight excluding hydrogens is 504 g/mol. The number of hydrogen-bond acceptors (Lipinski definition) is 6. The standard InChI is InChI=1S/C16H14N2O2.C16H12N2O2/c2*19-16-13-6-2-1-5-12(13)14(20-16)10-11-4-3-8-18-9-7-17-15(11)18/h1-9,14,16,19H,10H2;1-9,14H,10H2. The molecule has 2 aliphatic rings. The normalized spacial score (nSPS) is 19.2. The molecule has 4 aromatic heterocycles. The van der Waals surface area contributed by atoms with Crippen molar-refractivity contribution in [2.75, 3.05) is 0 Å². The van der Waals surface area contributed by atoms with Gasteiger partial charge in [0.15, 0.2) is 6.29 Å². The van der Waals surface area contributed by atoms with Crippen LogP contribution in [0.15, 0.2) is 110 Å². The van der Waals surface area contributed by atoms with Crippen LogP contribution < -0.4 is 0 Å². The fraction of sp³-hybridized carbons (Fsp3) is 0.156. The molecule has 0 saturated heterocycles. The van der Waals surface area contributed by atoms with Gasteiger partial charge in [-0.1, -0.05) is 54.6 Å². The number of aliphatic hydroxyl groups is 1. The van der Waals surface area contributed by atoms with E-state index in [1.807, 2.05) is 100 Å². The molecule has 8 nitrogen and oxygen atoms in total. The second-order valence-electron chi connectivity index (χ2n) is 9.88. The van der Waals surface area contributed by atoms with E-state index in [4.69, 9.17) is 9.47 Å². The van der Waals surface area contributed by atoms with Gasteiger partial charge in [0.05, 0.1) is 11.7 Å². The Kier molecular flexibility index (Phi) is 6.11. The number of esters is 1. The van der Waals surface area contributed by atoms with E-state index >= 15 is 0 Å². The topological polar surface area (TPSA) is 90.4 Å². The maximum Gasteiger partial charge on any atom is 0.339 e. The molecule has 0 amide bonds. The minimum atomic E-state index is -0.823. The summed E-state index contributed by atoms with van der Waals surface area (Å²) in [5.74, 6) is -0.235. The van der Waals surface area contributed by atoms with Gasteiger partial charge in [-0.3, -0.25) is 0 Å². The number of ether oxygens (including phenoxy) is 2. The summed E-state index contributed by atoms with van der Waals surface area (Å²) in [6, 6.07) is 23.4. The summed E-state index contributed by atoms with van der Waals surface area (Å²) < 4.78 is 15.1. The van der Waals surface area contributed by atoms with Crippen molar-refractivity contribution in [3.63, 3.8) is 0 Å². The number of aliphatic hydroxyl groups excluding tert-OH is 1. The Morgan fingerprint density at radius 2 is 1.25 bits per heavy atom. The summed E-state index contributed by atoms with van der Waals surface area (Å²) in [5, 5.41) is 9.96. The van der Waals surface area contributed by atoms with Crippen LogP contribution in [0.5, 0.6) is 0 Å². The molecule has 6 aromatic rings. The first-order valence-corrected chi connectivity index (χ1v) is 13.2. The minimum Gasteiger partial charge on any atom is -0.454 e. The number of cyclic esters (lactones) is 1. The Morgan fingerprint density at radius 1 is 0.675 bits per heavy atom. The average molecular weight is 531 g/mol. The number of pyridine rings is 2. The molecule has 0 saturated carbocycles. The predicted octanol–water partition coefficient (Wildman–Crippen LogP) is 5.43. The molecule has 3 unspecified atom stereocenters. The third-order valence-corrected chi connectivity index (χ3v) is 7.49. The fourth-order valence-corrected chi connectivity index (χ4v) is 5.60. The van der Waals surface area contributed by atoms with Crippen molar-refractivity contribution in [2.24, 2.45) is 0 Å². The molecule has 8 heteroatoms. The molecule has 6 heterocycles. The Labute approximate surface area is 230 Å². The van der Waals surface area contributed by atoms with Gasteiger partial charge in [-0.05, 0) is 34.9 Å². The second kappa shape index (κ2) is 10.1. The Hall–Kier alpha value is -4.79. The van der Waals surface area contributed by atoms with E-state index in [9.17, 15) is 9.90 Å². The van der Waals surface area contributed by atoms with Crippen molar-refractivity contribution in [3.8, 4) is 0 Å². The zero-order valence-corrected chi connectivity index (χ0v) is 21.5. The van der Waals surface area contributed by atoms with Crippen LogP contribution in [0.1, 0.15) is 56.7 Å². The molecule has 0 aliphatic carbocycles. The lowest BCUT2D eigenvalue weighted by atomic mass is 10.00. The van der Waals surface area contributed by atoms with Crippen molar-refractivity contribution in [1.82, 2.24) is 18.8 Å². The molecule has 0 fully saturated rings. The Bertz CT molecular complexity index is 1840. The van der Waals surface area contributed by atoms with E-state index in [2.05, 4.69) is 16.0 Å². The largest absolute Gasteiger partial charge is 0.454 e. The first-order chi connectivity index (χ1) is 19.7. The number of aromatic nitrogens is 4. The summed E-state index contributed by atoms with van der Waals surface area (Å²) in [7, 11) is 0. The highest BCUT2D eigenvalue weighted by Gasteiger charge is 2.31. The summed E-state index contributed by atoms with van der Waals surface area (Å²) in [5.41, 5.74) is 7.61. The summed E-state index contributed by atoms with van der Waals surface area (Å²) in [4.78, 5) is 20.6. The number of hydrogen-bond donors (Lipinski definition) is 1. The maximum atomic E-state index is 11.8. The van der Waals surface area contributed by atoms with Crippen LogP contribution in [0, 0.1) is 0 Å². The molecule has 0 spiro atoms. The van der Waals surface area contributed by atoms with Gasteiger partial charge >= 0.3 is 5.97 Å². The number of fused-ring (bicyclic) bond motifs is 4. The molecule has 1 N–H and O–H groups in total. The SMILES string of the molecule is O=C1OC(Cc2cccn3ccnc23)c2ccccc21.OC1OC(Cc2cccn3ccnc23)c2ccccc21. The van der Waals surface area contributed by atoms with Gasteiger partial charge in [-0.25, -0.2) is 14.8 Å². The number of nitrogens with zero attached hydrogens (tertiary/aromatic N) is 4. The van der Waals surface area contributed by atoms with Crippen molar-refractivity contribution < 1.29 is 19.4 Å². The lowest BCUT2D eigenvalue weighted by Crippen LogP contribution is -2.04. The van der Waals surface area contributed by atoms with Gasteiger partial charge in [0.2, 0.25) is 0 Å². The molecule has 0 bridgehead atoms. The Morgan fingerprint density at radius 3 is 1.93 bits per heavy atom. The molecule has 198 valence electrons. The quantitative estimate of drug-likeness (QED) is 0.306. The van der Waals surface area contributed by atoms with Crippen molar-refractivity contribution in [1.29, 1.82) is 0 Å². The van der Waals surface area contributed by atoms with Crippen LogP contribution >= 0.6 is 0 Å². The monoisotopic (exact) mass is 530 g/mol. The summed E-state index contributed by atoms with van der Waals surface area (Å²) in [6.45, 7) is 0. The van der Waals surface area contributed by atoms with Gasteiger partial charge < -0.3 is 23.4 Å². The maximum absolute atomic E-state index is 11.8. The smallest absolute Gasteiger partial charge is 0.339 e. The summed E-state index contributed by atoms with van der Waals surface area (Å²) >= 11 is 0. The van der Waals surface area contributed by atoms with Crippen LogP contribution in [0.2, 0.25) is 0 Å². The van der Waals surface area contributed by atoms with Crippen molar-refractivity contribution >= 4 is 17.3 Å². The van der Waals surface area contributed by atoms with Crippen LogP contribution in [0.25, 0.3) is 11.3 Å². The van der Waals surface area contributed by atoms with Gasteiger partial charge in [0.25, 0.3) is 0 Å². The average Bonchev–Trinajstić information content (AvgIpc) is 3.77. The summed E-state index contributed by atoms with van der Waals surface area (Å²) in [6.07, 6.45) is 11.5. The van der Waals surface area contributed by atoms with Gasteiger partial charge in [-0.2, -0.15) is 0 Å². The van der Waals surface area contributed by atoms with E-state index in [-0.39, 0.29) is 18.2 Å². The lowest BCUT2D eigenvalue weighted by Gasteiger charge is -2.12. The van der Waals surface area contributed by atoms with E-state index in [0.717, 1.165) is 39.1 Å². The zero-order chi connectivity index (χ0) is 27.1. The molecule has 0 radical (unpaired) electrons. The van der Waals surface area contributed by atoms with Crippen LogP contribution in [-0.4, -0.2) is 29.8 Å². The number of benzene rings is 2. The van der Waals surface area contributed by atoms with E-state index in [1.54, 1.807) is 12.4 Å². The highest BCUT2D eigenvalue weighted by atomic mass is 16.6. The van der Waals surface area contributed by atoms with Gasteiger partial charge in [0, 0.05) is 61.1 Å². The highest BCUT2D eigenvalue weighted by molar-refractivity contribution is 5.94.